The van der Waals surface area contributed by atoms with Gasteiger partial charge >= 0.3 is 0 Å². The average Bonchev–Trinajstić information content (AvgIpc) is 2.37. The van der Waals surface area contributed by atoms with Crippen molar-refractivity contribution < 1.29 is 0 Å². The van der Waals surface area contributed by atoms with Gasteiger partial charge in [0.1, 0.15) is 0 Å². The Labute approximate surface area is 115 Å². The van der Waals surface area contributed by atoms with Crippen LogP contribution in [0.25, 0.3) is 0 Å². The third-order valence-electron chi connectivity index (χ3n) is 3.69. The van der Waals surface area contributed by atoms with E-state index in [4.69, 9.17) is 11.5 Å². The van der Waals surface area contributed by atoms with Crippen LogP contribution in [0.3, 0.4) is 0 Å². The normalized spacial score (nSPS) is 17.3. The lowest BCUT2D eigenvalue weighted by Gasteiger charge is -2.27. The van der Waals surface area contributed by atoms with E-state index >= 15 is 0 Å². The molecule has 0 aromatic heterocycles. The number of aryl methyl sites for hydroxylation is 1. The Kier molecular flexibility index (Phi) is 4.36. The second kappa shape index (κ2) is 5.64. The molecule has 0 saturated carbocycles. The van der Waals surface area contributed by atoms with Crippen molar-refractivity contribution in [2.75, 3.05) is 12.3 Å². The highest BCUT2D eigenvalue weighted by Gasteiger charge is 2.21. The Morgan fingerprint density at radius 1 is 1.39 bits per heavy atom. The quantitative estimate of drug-likeness (QED) is 0.878. The average molecular weight is 264 g/mol. The van der Waals surface area contributed by atoms with E-state index in [0.717, 1.165) is 6.42 Å². The summed E-state index contributed by atoms with van der Waals surface area (Å²) < 4.78 is 0. The van der Waals surface area contributed by atoms with Crippen LogP contribution in [-0.4, -0.2) is 12.3 Å². The van der Waals surface area contributed by atoms with Crippen molar-refractivity contribution in [2.24, 2.45) is 16.9 Å². The van der Waals surface area contributed by atoms with Gasteiger partial charge < -0.3 is 11.5 Å². The highest BCUT2D eigenvalue weighted by molar-refractivity contribution is 7.99. The monoisotopic (exact) mass is 264 g/mol. The molecule has 4 N–H and O–H groups in total. The molecule has 1 aromatic carbocycles. The van der Waals surface area contributed by atoms with Crippen molar-refractivity contribution >= 4 is 11.8 Å². The third kappa shape index (κ3) is 3.28. The third-order valence-corrected chi connectivity index (χ3v) is 4.89. The van der Waals surface area contributed by atoms with Crippen molar-refractivity contribution in [3.8, 4) is 0 Å². The van der Waals surface area contributed by atoms with Crippen LogP contribution in [0.1, 0.15) is 43.9 Å². The Morgan fingerprint density at radius 3 is 2.89 bits per heavy atom. The van der Waals surface area contributed by atoms with Crippen molar-refractivity contribution in [3.05, 3.63) is 29.3 Å². The largest absolute Gasteiger partial charge is 0.330 e. The summed E-state index contributed by atoms with van der Waals surface area (Å²) in [5.74, 6) is 1.25. The summed E-state index contributed by atoms with van der Waals surface area (Å²) in [5.41, 5.74) is 15.0. The number of nitrogens with two attached hydrogens (primary N) is 2. The van der Waals surface area contributed by atoms with Crippen molar-refractivity contribution in [1.29, 1.82) is 0 Å². The van der Waals surface area contributed by atoms with Crippen LogP contribution >= 0.6 is 11.8 Å². The van der Waals surface area contributed by atoms with Crippen LogP contribution in [0.5, 0.6) is 0 Å². The maximum absolute atomic E-state index is 6.33. The van der Waals surface area contributed by atoms with E-state index in [2.05, 4.69) is 32.0 Å². The lowest BCUT2D eigenvalue weighted by atomic mass is 9.83. The van der Waals surface area contributed by atoms with Gasteiger partial charge in [0.05, 0.1) is 0 Å². The molecule has 0 fully saturated rings. The van der Waals surface area contributed by atoms with Crippen LogP contribution in [-0.2, 0) is 6.42 Å². The van der Waals surface area contributed by atoms with Gasteiger partial charge in [0, 0.05) is 10.9 Å². The number of benzene rings is 1. The van der Waals surface area contributed by atoms with Crippen LogP contribution in [0.15, 0.2) is 23.1 Å². The first-order chi connectivity index (χ1) is 8.52. The van der Waals surface area contributed by atoms with E-state index in [-0.39, 0.29) is 11.5 Å². The number of hydrogen-bond donors (Lipinski definition) is 2. The molecule has 0 aliphatic carbocycles. The lowest BCUT2D eigenvalue weighted by molar-refractivity contribution is 0.317. The smallest absolute Gasteiger partial charge is 0.0300 e. The van der Waals surface area contributed by atoms with Crippen LogP contribution in [0.4, 0.5) is 0 Å². The summed E-state index contributed by atoms with van der Waals surface area (Å²) in [6.07, 6.45) is 3.42. The van der Waals surface area contributed by atoms with Crippen molar-refractivity contribution in [3.63, 3.8) is 0 Å². The van der Waals surface area contributed by atoms with Crippen LogP contribution in [0.2, 0.25) is 0 Å². The van der Waals surface area contributed by atoms with E-state index in [1.165, 1.54) is 34.6 Å². The van der Waals surface area contributed by atoms with Gasteiger partial charge in [-0.05, 0) is 54.2 Å². The first kappa shape index (κ1) is 13.9. The predicted molar refractivity (Wildman–Crippen MR) is 79.9 cm³/mol. The zero-order chi connectivity index (χ0) is 13.2. The first-order valence-corrected chi connectivity index (χ1v) is 7.72. The minimum atomic E-state index is 0.0979. The molecule has 1 atom stereocenters. The number of fused-ring (bicyclic) bond motifs is 1. The van der Waals surface area contributed by atoms with Gasteiger partial charge in [0.25, 0.3) is 0 Å². The van der Waals surface area contributed by atoms with E-state index in [1.807, 2.05) is 11.8 Å². The molecular formula is C15H24N2S. The van der Waals surface area contributed by atoms with Crippen molar-refractivity contribution in [1.82, 2.24) is 0 Å². The van der Waals surface area contributed by atoms with Gasteiger partial charge in [-0.15, -0.1) is 11.8 Å². The van der Waals surface area contributed by atoms with E-state index < -0.39 is 0 Å². The number of rotatable bonds is 4. The van der Waals surface area contributed by atoms with Gasteiger partial charge in [-0.2, -0.15) is 0 Å². The Morgan fingerprint density at radius 2 is 2.17 bits per heavy atom. The molecule has 0 saturated heterocycles. The summed E-state index contributed by atoms with van der Waals surface area (Å²) in [6.45, 7) is 5.05. The molecule has 1 heterocycles. The van der Waals surface area contributed by atoms with Gasteiger partial charge in [-0.1, -0.05) is 26.0 Å². The summed E-state index contributed by atoms with van der Waals surface area (Å²) in [6, 6.07) is 6.83. The predicted octanol–water partition coefficient (Wildman–Crippen LogP) is 3.10. The first-order valence-electron chi connectivity index (χ1n) is 6.73. The fraction of sp³-hybridized carbons (Fsp3) is 0.600. The van der Waals surface area contributed by atoms with Crippen LogP contribution < -0.4 is 11.5 Å². The molecule has 100 valence electrons. The molecule has 1 aliphatic heterocycles. The number of hydrogen-bond acceptors (Lipinski definition) is 3. The Bertz CT molecular complexity index is 415. The lowest BCUT2D eigenvalue weighted by Crippen LogP contribution is -2.28. The fourth-order valence-corrected chi connectivity index (χ4v) is 3.43. The van der Waals surface area contributed by atoms with E-state index in [0.29, 0.717) is 6.54 Å². The van der Waals surface area contributed by atoms with Gasteiger partial charge in [0.2, 0.25) is 0 Å². The Balaban J connectivity index is 2.13. The molecule has 1 aliphatic rings. The van der Waals surface area contributed by atoms with Gasteiger partial charge in [0.15, 0.2) is 0 Å². The zero-order valence-electron chi connectivity index (χ0n) is 11.4. The molecule has 3 heteroatoms. The summed E-state index contributed by atoms with van der Waals surface area (Å²) in [4.78, 5) is 1.44. The molecule has 1 aromatic rings. The highest BCUT2D eigenvalue weighted by Crippen LogP contribution is 2.33. The summed E-state index contributed by atoms with van der Waals surface area (Å²) in [7, 11) is 0. The summed E-state index contributed by atoms with van der Waals surface area (Å²) in [5, 5.41) is 0. The maximum Gasteiger partial charge on any atom is 0.0300 e. The molecule has 2 rings (SSSR count). The molecule has 0 radical (unpaired) electrons. The number of thioether (sulfide) groups is 1. The minimum absolute atomic E-state index is 0.0979. The maximum atomic E-state index is 6.33. The molecular weight excluding hydrogens is 240 g/mol. The van der Waals surface area contributed by atoms with Crippen molar-refractivity contribution in [2.45, 2.75) is 44.0 Å². The Hall–Kier alpha value is -0.510. The SMILES string of the molecule is CC(C)(CN)CC(N)c1ccc2c(c1)CCCS2. The minimum Gasteiger partial charge on any atom is -0.330 e. The molecule has 0 bridgehead atoms. The molecule has 18 heavy (non-hydrogen) atoms. The molecule has 0 spiro atoms. The highest BCUT2D eigenvalue weighted by atomic mass is 32.2. The van der Waals surface area contributed by atoms with Gasteiger partial charge in [-0.3, -0.25) is 0 Å². The molecule has 0 amide bonds. The van der Waals surface area contributed by atoms with E-state index in [1.54, 1.807) is 0 Å². The topological polar surface area (TPSA) is 52.0 Å². The van der Waals surface area contributed by atoms with E-state index in [9.17, 15) is 0 Å². The molecule has 2 nitrogen and oxygen atoms in total. The summed E-state index contributed by atoms with van der Waals surface area (Å²) >= 11 is 1.97. The standard InChI is InChI=1S/C15H24N2S/c1-15(2,10-16)9-13(17)11-5-6-14-12(8-11)4-3-7-18-14/h5-6,8,13H,3-4,7,9-10,16-17H2,1-2H3. The zero-order valence-corrected chi connectivity index (χ0v) is 12.2. The second-order valence-electron chi connectivity index (χ2n) is 6.00. The van der Waals surface area contributed by atoms with Gasteiger partial charge in [-0.25, -0.2) is 0 Å². The second-order valence-corrected chi connectivity index (χ2v) is 7.13. The fourth-order valence-electron chi connectivity index (χ4n) is 2.41. The molecule has 1 unspecified atom stereocenters. The van der Waals surface area contributed by atoms with Crippen LogP contribution in [0, 0.1) is 5.41 Å².